The minimum atomic E-state index is -1.16. The Hall–Kier alpha value is -2.17. The lowest BCUT2D eigenvalue weighted by Gasteiger charge is -1.96. The SMILES string of the molecule is O=C(O)c1oc(C2CC2)nc1-c1ccc(F)cc1. The number of carboxylic acids is 1. The molecule has 0 bridgehead atoms. The van der Waals surface area contributed by atoms with Gasteiger partial charge in [0.2, 0.25) is 5.76 Å². The third kappa shape index (κ3) is 1.88. The van der Waals surface area contributed by atoms with Gasteiger partial charge in [0.15, 0.2) is 5.89 Å². The Morgan fingerprint density at radius 3 is 2.56 bits per heavy atom. The second-order valence-corrected chi connectivity index (χ2v) is 4.32. The lowest BCUT2D eigenvalue weighted by molar-refractivity contribution is 0.0661. The van der Waals surface area contributed by atoms with Crippen molar-refractivity contribution >= 4 is 5.97 Å². The third-order valence-electron chi connectivity index (χ3n) is 2.88. The predicted molar refractivity (Wildman–Crippen MR) is 60.8 cm³/mol. The number of benzene rings is 1. The molecule has 1 fully saturated rings. The maximum Gasteiger partial charge on any atom is 0.374 e. The summed E-state index contributed by atoms with van der Waals surface area (Å²) in [6.45, 7) is 0. The number of nitrogens with zero attached hydrogens (tertiary/aromatic N) is 1. The largest absolute Gasteiger partial charge is 0.475 e. The van der Waals surface area contributed by atoms with Crippen molar-refractivity contribution in [2.24, 2.45) is 0 Å². The third-order valence-corrected chi connectivity index (χ3v) is 2.88. The molecule has 0 spiro atoms. The van der Waals surface area contributed by atoms with Gasteiger partial charge in [0, 0.05) is 11.5 Å². The average Bonchev–Trinajstić information content (AvgIpc) is 3.09. The van der Waals surface area contributed by atoms with E-state index in [-0.39, 0.29) is 23.2 Å². The van der Waals surface area contributed by atoms with E-state index in [1.165, 1.54) is 24.3 Å². The van der Waals surface area contributed by atoms with Crippen molar-refractivity contribution in [1.82, 2.24) is 4.98 Å². The van der Waals surface area contributed by atoms with E-state index in [0.717, 1.165) is 12.8 Å². The van der Waals surface area contributed by atoms with Crippen LogP contribution in [-0.4, -0.2) is 16.1 Å². The van der Waals surface area contributed by atoms with Crippen molar-refractivity contribution in [2.45, 2.75) is 18.8 Å². The average molecular weight is 247 g/mol. The van der Waals surface area contributed by atoms with Gasteiger partial charge in [-0.05, 0) is 37.1 Å². The normalized spacial score (nSPS) is 14.7. The first-order valence-electron chi connectivity index (χ1n) is 5.65. The smallest absolute Gasteiger partial charge is 0.374 e. The summed E-state index contributed by atoms with van der Waals surface area (Å²) in [4.78, 5) is 15.3. The van der Waals surface area contributed by atoms with Crippen molar-refractivity contribution in [3.63, 3.8) is 0 Å². The van der Waals surface area contributed by atoms with E-state index >= 15 is 0 Å². The molecule has 1 heterocycles. The van der Waals surface area contributed by atoms with Gasteiger partial charge in [-0.25, -0.2) is 14.2 Å². The molecule has 4 nitrogen and oxygen atoms in total. The van der Waals surface area contributed by atoms with Crippen molar-refractivity contribution in [3.8, 4) is 11.3 Å². The van der Waals surface area contributed by atoms with Gasteiger partial charge in [-0.1, -0.05) is 0 Å². The Bertz CT molecular complexity index is 599. The molecule has 1 saturated carbocycles. The van der Waals surface area contributed by atoms with Crippen LogP contribution in [0, 0.1) is 5.82 Å². The summed E-state index contributed by atoms with van der Waals surface area (Å²) in [5.74, 6) is -1.01. The van der Waals surface area contributed by atoms with Gasteiger partial charge in [0.05, 0.1) is 0 Å². The maximum absolute atomic E-state index is 12.8. The van der Waals surface area contributed by atoms with Crippen LogP contribution in [0.5, 0.6) is 0 Å². The highest BCUT2D eigenvalue weighted by atomic mass is 19.1. The van der Waals surface area contributed by atoms with E-state index in [4.69, 9.17) is 9.52 Å². The Labute approximate surface area is 102 Å². The number of hydrogen-bond acceptors (Lipinski definition) is 3. The molecule has 5 heteroatoms. The zero-order valence-corrected chi connectivity index (χ0v) is 9.39. The van der Waals surface area contributed by atoms with Gasteiger partial charge >= 0.3 is 5.97 Å². The zero-order valence-electron chi connectivity index (χ0n) is 9.39. The minimum Gasteiger partial charge on any atom is -0.475 e. The summed E-state index contributed by atoms with van der Waals surface area (Å²) in [7, 11) is 0. The molecule has 0 radical (unpaired) electrons. The highest BCUT2D eigenvalue weighted by molar-refractivity contribution is 5.91. The summed E-state index contributed by atoms with van der Waals surface area (Å²) >= 11 is 0. The van der Waals surface area contributed by atoms with E-state index in [1.807, 2.05) is 0 Å². The summed E-state index contributed by atoms with van der Waals surface area (Å²) in [6, 6.07) is 5.53. The molecule has 1 N–H and O–H groups in total. The molecule has 1 aromatic carbocycles. The van der Waals surface area contributed by atoms with Gasteiger partial charge in [0.1, 0.15) is 11.5 Å². The van der Waals surface area contributed by atoms with Gasteiger partial charge in [0.25, 0.3) is 0 Å². The first-order valence-corrected chi connectivity index (χ1v) is 5.65. The van der Waals surface area contributed by atoms with Crippen LogP contribution >= 0.6 is 0 Å². The minimum absolute atomic E-state index is 0.177. The quantitative estimate of drug-likeness (QED) is 0.905. The fourth-order valence-electron chi connectivity index (χ4n) is 1.79. The van der Waals surface area contributed by atoms with Crippen LogP contribution in [0.25, 0.3) is 11.3 Å². The standard InChI is InChI=1S/C13H10FNO3/c14-9-5-3-7(4-6-9)10-11(13(16)17)18-12(15-10)8-1-2-8/h3-6,8H,1-2H2,(H,16,17). The molecule has 0 saturated heterocycles. The molecular weight excluding hydrogens is 237 g/mol. The fraction of sp³-hybridized carbons (Fsp3) is 0.231. The molecule has 1 aliphatic carbocycles. The Kier molecular flexibility index (Phi) is 2.40. The van der Waals surface area contributed by atoms with E-state index in [1.54, 1.807) is 0 Å². The molecular formula is C13H10FNO3. The Balaban J connectivity index is 2.08. The second kappa shape index (κ2) is 3.94. The molecule has 1 aliphatic rings. The van der Waals surface area contributed by atoms with Gasteiger partial charge in [-0.15, -0.1) is 0 Å². The lowest BCUT2D eigenvalue weighted by Crippen LogP contribution is -1.96. The van der Waals surface area contributed by atoms with Crippen LogP contribution in [0.3, 0.4) is 0 Å². The zero-order chi connectivity index (χ0) is 12.7. The molecule has 18 heavy (non-hydrogen) atoms. The van der Waals surface area contributed by atoms with E-state index < -0.39 is 5.97 Å². The van der Waals surface area contributed by atoms with Crippen molar-refractivity contribution in [2.75, 3.05) is 0 Å². The van der Waals surface area contributed by atoms with Crippen LogP contribution in [-0.2, 0) is 0 Å². The summed E-state index contributed by atoms with van der Waals surface area (Å²) in [5, 5.41) is 9.09. The summed E-state index contributed by atoms with van der Waals surface area (Å²) in [5.41, 5.74) is 0.814. The van der Waals surface area contributed by atoms with Gasteiger partial charge in [-0.3, -0.25) is 0 Å². The molecule has 0 unspecified atom stereocenters. The van der Waals surface area contributed by atoms with Gasteiger partial charge < -0.3 is 9.52 Å². The molecule has 3 rings (SSSR count). The van der Waals surface area contributed by atoms with Crippen molar-refractivity contribution < 1.29 is 18.7 Å². The van der Waals surface area contributed by atoms with Crippen molar-refractivity contribution in [3.05, 3.63) is 41.7 Å². The molecule has 2 aromatic rings. The highest BCUT2D eigenvalue weighted by Crippen LogP contribution is 2.41. The lowest BCUT2D eigenvalue weighted by atomic mass is 10.1. The number of halogens is 1. The second-order valence-electron chi connectivity index (χ2n) is 4.32. The van der Waals surface area contributed by atoms with E-state index in [0.29, 0.717) is 11.5 Å². The van der Waals surface area contributed by atoms with E-state index in [9.17, 15) is 9.18 Å². The number of oxazole rings is 1. The number of rotatable bonds is 3. The number of carbonyl (C=O) groups is 1. The fourth-order valence-corrected chi connectivity index (χ4v) is 1.79. The van der Waals surface area contributed by atoms with Crippen LogP contribution in [0.1, 0.15) is 35.2 Å². The monoisotopic (exact) mass is 247 g/mol. The van der Waals surface area contributed by atoms with Crippen LogP contribution < -0.4 is 0 Å². The number of aromatic carboxylic acids is 1. The molecule has 0 atom stereocenters. The predicted octanol–water partition coefficient (Wildman–Crippen LogP) is 3.06. The van der Waals surface area contributed by atoms with Crippen LogP contribution in [0.15, 0.2) is 28.7 Å². The first kappa shape index (κ1) is 11.0. The summed E-state index contributed by atoms with van der Waals surface area (Å²) < 4.78 is 18.1. The van der Waals surface area contributed by atoms with E-state index in [2.05, 4.69) is 4.98 Å². The van der Waals surface area contributed by atoms with Crippen LogP contribution in [0.2, 0.25) is 0 Å². The molecule has 0 amide bonds. The van der Waals surface area contributed by atoms with Crippen LogP contribution in [0.4, 0.5) is 4.39 Å². The molecule has 0 aliphatic heterocycles. The Morgan fingerprint density at radius 1 is 1.33 bits per heavy atom. The first-order chi connectivity index (χ1) is 8.65. The maximum atomic E-state index is 12.8. The summed E-state index contributed by atoms with van der Waals surface area (Å²) in [6.07, 6.45) is 1.95. The Morgan fingerprint density at radius 2 is 2.00 bits per heavy atom. The van der Waals surface area contributed by atoms with Crippen molar-refractivity contribution in [1.29, 1.82) is 0 Å². The molecule has 1 aromatic heterocycles. The number of carboxylic acid groups (broad SMARTS) is 1. The number of hydrogen-bond donors (Lipinski definition) is 1. The number of aromatic nitrogens is 1. The topological polar surface area (TPSA) is 63.3 Å². The van der Waals surface area contributed by atoms with Gasteiger partial charge in [-0.2, -0.15) is 0 Å². The highest BCUT2D eigenvalue weighted by Gasteiger charge is 2.32. The molecule has 92 valence electrons.